The molecule has 2 aromatic rings. The molecule has 0 radical (unpaired) electrons. The monoisotopic (exact) mass is 338 g/mol. The van der Waals surface area contributed by atoms with E-state index in [-0.39, 0.29) is 17.4 Å². The van der Waals surface area contributed by atoms with Gasteiger partial charge in [-0.25, -0.2) is 0 Å². The van der Waals surface area contributed by atoms with Gasteiger partial charge in [0.15, 0.2) is 0 Å². The summed E-state index contributed by atoms with van der Waals surface area (Å²) in [4.78, 5) is 17.3. The molecule has 1 N–H and O–H groups in total. The largest absolute Gasteiger partial charge is 0.384 e. The Balaban J connectivity index is 1.93. The lowest BCUT2D eigenvalue weighted by Crippen LogP contribution is -2.49. The van der Waals surface area contributed by atoms with Gasteiger partial charge in [0.05, 0.1) is 18.1 Å². The minimum absolute atomic E-state index is 0.0782. The Morgan fingerprint density at radius 1 is 1.32 bits per heavy atom. The number of aromatic nitrogens is 1. The van der Waals surface area contributed by atoms with Crippen molar-refractivity contribution in [3.63, 3.8) is 0 Å². The van der Waals surface area contributed by atoms with Gasteiger partial charge in [0.2, 0.25) is 5.91 Å². The number of hydrogen-bond donors (Lipinski definition) is 1. The minimum atomic E-state index is -0.381. The molecule has 1 atom stereocenters. The third kappa shape index (κ3) is 3.59. The van der Waals surface area contributed by atoms with Crippen molar-refractivity contribution in [2.75, 3.05) is 13.7 Å². The number of aryl methyl sites for hydroxylation is 2. The predicted octanol–water partition coefficient (Wildman–Crippen LogP) is 3.72. The molecule has 1 aliphatic rings. The highest BCUT2D eigenvalue weighted by molar-refractivity contribution is 5.84. The molecule has 25 heavy (non-hydrogen) atoms. The highest BCUT2D eigenvalue weighted by Crippen LogP contribution is 2.42. The summed E-state index contributed by atoms with van der Waals surface area (Å²) < 4.78 is 5.33. The maximum atomic E-state index is 13.1. The topological polar surface area (TPSA) is 51.2 Å². The first kappa shape index (κ1) is 17.6. The second kappa shape index (κ2) is 7.36. The van der Waals surface area contributed by atoms with E-state index in [2.05, 4.69) is 42.3 Å². The number of amides is 1. The third-order valence-electron chi connectivity index (χ3n) is 5.24. The van der Waals surface area contributed by atoms with Gasteiger partial charge in [-0.05, 0) is 49.4 Å². The van der Waals surface area contributed by atoms with E-state index in [1.54, 1.807) is 13.3 Å². The molecule has 1 aromatic heterocycles. The van der Waals surface area contributed by atoms with Crippen molar-refractivity contribution in [1.29, 1.82) is 0 Å². The number of pyridine rings is 1. The van der Waals surface area contributed by atoms with E-state index in [0.29, 0.717) is 6.61 Å². The van der Waals surface area contributed by atoms with E-state index in [4.69, 9.17) is 4.74 Å². The molecule has 1 saturated carbocycles. The van der Waals surface area contributed by atoms with Gasteiger partial charge in [0.1, 0.15) is 0 Å². The second-order valence-corrected chi connectivity index (χ2v) is 7.12. The Kier molecular flexibility index (Phi) is 5.19. The molecule has 0 bridgehead atoms. The standard InChI is InChI=1S/C21H26N2O2/c1-15-7-8-18(16(2)12-15)19(17-6-4-11-22-13-17)23-20(24)21(14-25-3)9-5-10-21/h4,6-8,11-13,19H,5,9-10,14H2,1-3H3,(H,23,24). The maximum Gasteiger partial charge on any atom is 0.229 e. The van der Waals surface area contributed by atoms with Crippen LogP contribution in [0.4, 0.5) is 0 Å². The molecule has 1 heterocycles. The summed E-state index contributed by atoms with van der Waals surface area (Å²) in [6.07, 6.45) is 6.44. The number of ether oxygens (including phenoxy) is 1. The van der Waals surface area contributed by atoms with Crippen LogP contribution in [0.1, 0.15) is 47.6 Å². The molecule has 1 fully saturated rings. The van der Waals surface area contributed by atoms with Crippen LogP contribution in [-0.4, -0.2) is 24.6 Å². The van der Waals surface area contributed by atoms with Crippen molar-refractivity contribution >= 4 is 5.91 Å². The van der Waals surface area contributed by atoms with Crippen LogP contribution in [0.25, 0.3) is 0 Å². The number of rotatable bonds is 6. The smallest absolute Gasteiger partial charge is 0.229 e. The summed E-state index contributed by atoms with van der Waals surface area (Å²) in [6.45, 7) is 4.65. The van der Waals surface area contributed by atoms with Gasteiger partial charge >= 0.3 is 0 Å². The molecule has 0 aliphatic heterocycles. The van der Waals surface area contributed by atoms with Crippen molar-refractivity contribution in [3.05, 3.63) is 65.0 Å². The first-order valence-electron chi connectivity index (χ1n) is 8.83. The van der Waals surface area contributed by atoms with Crippen molar-refractivity contribution in [2.45, 2.75) is 39.2 Å². The van der Waals surface area contributed by atoms with E-state index < -0.39 is 0 Å². The van der Waals surface area contributed by atoms with Crippen LogP contribution in [0.15, 0.2) is 42.7 Å². The summed E-state index contributed by atoms with van der Waals surface area (Å²) in [5.41, 5.74) is 4.11. The molecular formula is C21H26N2O2. The van der Waals surface area contributed by atoms with Crippen LogP contribution in [0.2, 0.25) is 0 Å². The molecule has 0 spiro atoms. The van der Waals surface area contributed by atoms with Gasteiger partial charge in [-0.3, -0.25) is 9.78 Å². The van der Waals surface area contributed by atoms with Crippen molar-refractivity contribution in [3.8, 4) is 0 Å². The van der Waals surface area contributed by atoms with Crippen LogP contribution in [0.3, 0.4) is 0 Å². The number of benzene rings is 1. The lowest BCUT2D eigenvalue weighted by atomic mass is 9.68. The van der Waals surface area contributed by atoms with Crippen molar-refractivity contribution < 1.29 is 9.53 Å². The summed E-state index contributed by atoms with van der Waals surface area (Å²) in [5, 5.41) is 3.28. The average molecular weight is 338 g/mol. The Labute approximate surface area is 149 Å². The number of hydrogen-bond acceptors (Lipinski definition) is 3. The zero-order chi connectivity index (χ0) is 17.9. The van der Waals surface area contributed by atoms with Gasteiger partial charge in [-0.2, -0.15) is 0 Å². The van der Waals surface area contributed by atoms with E-state index >= 15 is 0 Å². The number of carbonyl (C=O) groups is 1. The lowest BCUT2D eigenvalue weighted by Gasteiger charge is -2.40. The van der Waals surface area contributed by atoms with E-state index in [9.17, 15) is 4.79 Å². The van der Waals surface area contributed by atoms with Crippen molar-refractivity contribution in [2.24, 2.45) is 5.41 Å². The molecule has 1 unspecified atom stereocenters. The van der Waals surface area contributed by atoms with E-state index in [1.807, 2.05) is 18.3 Å². The molecule has 132 valence electrons. The zero-order valence-corrected chi connectivity index (χ0v) is 15.2. The fourth-order valence-electron chi connectivity index (χ4n) is 3.64. The second-order valence-electron chi connectivity index (χ2n) is 7.12. The number of methoxy groups -OCH3 is 1. The first-order chi connectivity index (χ1) is 12.1. The highest BCUT2D eigenvalue weighted by Gasteiger charge is 2.45. The number of nitrogens with zero attached hydrogens (tertiary/aromatic N) is 1. The summed E-state index contributed by atoms with van der Waals surface area (Å²) in [6, 6.07) is 10.1. The molecule has 4 nitrogen and oxygen atoms in total. The molecule has 3 rings (SSSR count). The van der Waals surface area contributed by atoms with Crippen LogP contribution >= 0.6 is 0 Å². The summed E-state index contributed by atoms with van der Waals surface area (Å²) in [5.74, 6) is 0.0782. The quantitative estimate of drug-likeness (QED) is 0.873. The maximum absolute atomic E-state index is 13.1. The Hall–Kier alpha value is -2.20. The van der Waals surface area contributed by atoms with Gasteiger partial charge in [-0.15, -0.1) is 0 Å². The van der Waals surface area contributed by atoms with Crippen LogP contribution in [0.5, 0.6) is 0 Å². The number of carbonyl (C=O) groups excluding carboxylic acids is 1. The van der Waals surface area contributed by atoms with E-state index in [1.165, 1.54) is 11.1 Å². The highest BCUT2D eigenvalue weighted by atomic mass is 16.5. The molecule has 0 saturated heterocycles. The van der Waals surface area contributed by atoms with Crippen LogP contribution in [-0.2, 0) is 9.53 Å². The molecule has 4 heteroatoms. The fourth-order valence-corrected chi connectivity index (χ4v) is 3.64. The van der Waals surface area contributed by atoms with Crippen molar-refractivity contribution in [1.82, 2.24) is 10.3 Å². The molecule has 1 amide bonds. The Morgan fingerprint density at radius 3 is 2.68 bits per heavy atom. The SMILES string of the molecule is COCC1(C(=O)NC(c2cccnc2)c2ccc(C)cc2C)CCC1. The van der Waals surface area contributed by atoms with Crippen LogP contribution in [0, 0.1) is 19.3 Å². The zero-order valence-electron chi connectivity index (χ0n) is 15.2. The van der Waals surface area contributed by atoms with Gasteiger partial charge in [0.25, 0.3) is 0 Å². The van der Waals surface area contributed by atoms with Gasteiger partial charge in [-0.1, -0.05) is 36.2 Å². The Morgan fingerprint density at radius 2 is 2.12 bits per heavy atom. The number of nitrogens with one attached hydrogen (secondary N) is 1. The fraction of sp³-hybridized carbons (Fsp3) is 0.429. The normalized spacial score (nSPS) is 16.8. The minimum Gasteiger partial charge on any atom is -0.384 e. The van der Waals surface area contributed by atoms with Crippen LogP contribution < -0.4 is 5.32 Å². The molecule has 1 aromatic carbocycles. The Bertz CT molecular complexity index is 739. The average Bonchev–Trinajstić information content (AvgIpc) is 2.57. The van der Waals surface area contributed by atoms with E-state index in [0.717, 1.165) is 30.4 Å². The molecular weight excluding hydrogens is 312 g/mol. The summed E-state index contributed by atoms with van der Waals surface area (Å²) >= 11 is 0. The summed E-state index contributed by atoms with van der Waals surface area (Å²) in [7, 11) is 1.66. The predicted molar refractivity (Wildman–Crippen MR) is 98.3 cm³/mol. The lowest BCUT2D eigenvalue weighted by molar-refractivity contribution is -0.141. The first-order valence-corrected chi connectivity index (χ1v) is 8.83. The molecule has 1 aliphatic carbocycles. The van der Waals surface area contributed by atoms with Gasteiger partial charge < -0.3 is 10.1 Å². The third-order valence-corrected chi connectivity index (χ3v) is 5.24. The van der Waals surface area contributed by atoms with Gasteiger partial charge in [0, 0.05) is 19.5 Å².